The molecule has 0 saturated carbocycles. The van der Waals surface area contributed by atoms with Gasteiger partial charge in [-0.25, -0.2) is 8.78 Å². The molecule has 0 saturated heterocycles. The zero-order valence-electron chi connectivity index (χ0n) is 10.3. The van der Waals surface area contributed by atoms with E-state index in [1.54, 1.807) is 24.0 Å². The number of likely N-dealkylation sites (N-methyl/N-ethyl adjacent to an activating group) is 1. The van der Waals surface area contributed by atoms with Gasteiger partial charge < -0.3 is 5.32 Å². The van der Waals surface area contributed by atoms with E-state index in [0.717, 1.165) is 11.6 Å². The second-order valence-electron chi connectivity index (χ2n) is 4.22. The van der Waals surface area contributed by atoms with Crippen LogP contribution in [-0.4, -0.2) is 16.8 Å². The predicted octanol–water partition coefficient (Wildman–Crippen LogP) is 2.43. The molecule has 0 aliphatic heterocycles. The molecular weight excluding hydrogens is 236 g/mol. The van der Waals surface area contributed by atoms with E-state index >= 15 is 0 Å². The summed E-state index contributed by atoms with van der Waals surface area (Å²) in [6, 6.07) is 3.88. The van der Waals surface area contributed by atoms with E-state index in [0.29, 0.717) is 12.1 Å². The fourth-order valence-corrected chi connectivity index (χ4v) is 1.89. The van der Waals surface area contributed by atoms with Gasteiger partial charge in [-0.3, -0.25) is 4.68 Å². The summed E-state index contributed by atoms with van der Waals surface area (Å²) in [5.41, 5.74) is 1.34. The van der Waals surface area contributed by atoms with Gasteiger partial charge in [0, 0.05) is 11.8 Å². The van der Waals surface area contributed by atoms with E-state index in [1.807, 2.05) is 13.1 Å². The van der Waals surface area contributed by atoms with Crippen LogP contribution >= 0.6 is 0 Å². The molecule has 96 valence electrons. The highest BCUT2D eigenvalue weighted by Gasteiger charge is 2.17. The molecule has 18 heavy (non-hydrogen) atoms. The number of nitrogens with zero attached hydrogens (tertiary/aromatic N) is 2. The summed E-state index contributed by atoms with van der Waals surface area (Å²) >= 11 is 0. The maximum absolute atomic E-state index is 13.7. The van der Waals surface area contributed by atoms with Crippen LogP contribution in [0.5, 0.6) is 0 Å². The Morgan fingerprint density at radius 3 is 2.78 bits per heavy atom. The molecule has 1 heterocycles. The highest BCUT2D eigenvalue weighted by Crippen LogP contribution is 2.20. The van der Waals surface area contributed by atoms with Crippen molar-refractivity contribution < 1.29 is 8.78 Å². The van der Waals surface area contributed by atoms with Crippen LogP contribution in [0.4, 0.5) is 8.78 Å². The normalized spacial score (nSPS) is 12.7. The second-order valence-corrected chi connectivity index (χ2v) is 4.22. The van der Waals surface area contributed by atoms with Gasteiger partial charge in [-0.2, -0.15) is 5.10 Å². The quantitative estimate of drug-likeness (QED) is 0.904. The Labute approximate surface area is 104 Å². The average Bonchev–Trinajstić information content (AvgIpc) is 2.76. The van der Waals surface area contributed by atoms with Crippen LogP contribution in [0.2, 0.25) is 0 Å². The molecule has 5 heteroatoms. The first kappa shape index (κ1) is 12.7. The molecule has 0 aliphatic rings. The fourth-order valence-electron chi connectivity index (χ4n) is 1.89. The highest BCUT2D eigenvalue weighted by molar-refractivity contribution is 5.22. The molecule has 1 atom stereocenters. The molecule has 1 aromatic carbocycles. The van der Waals surface area contributed by atoms with Gasteiger partial charge in [0.15, 0.2) is 11.6 Å². The lowest BCUT2D eigenvalue weighted by Crippen LogP contribution is -2.23. The maximum Gasteiger partial charge on any atom is 0.163 e. The molecule has 0 fully saturated rings. The van der Waals surface area contributed by atoms with Gasteiger partial charge in [0.25, 0.3) is 0 Å². The van der Waals surface area contributed by atoms with Crippen LogP contribution < -0.4 is 5.32 Å². The Bertz CT molecular complexity index is 537. The molecule has 3 nitrogen and oxygen atoms in total. The van der Waals surface area contributed by atoms with Crippen LogP contribution in [0.25, 0.3) is 0 Å². The number of aromatic nitrogens is 2. The third-order valence-electron chi connectivity index (χ3n) is 2.84. The van der Waals surface area contributed by atoms with E-state index in [9.17, 15) is 8.78 Å². The van der Waals surface area contributed by atoms with Gasteiger partial charge >= 0.3 is 0 Å². The van der Waals surface area contributed by atoms with Crippen molar-refractivity contribution in [3.05, 3.63) is 53.4 Å². The van der Waals surface area contributed by atoms with Crippen LogP contribution in [0.3, 0.4) is 0 Å². The van der Waals surface area contributed by atoms with Crippen molar-refractivity contribution in [2.45, 2.75) is 19.5 Å². The lowest BCUT2D eigenvalue weighted by molar-refractivity contribution is 0.431. The minimum atomic E-state index is -0.829. The lowest BCUT2D eigenvalue weighted by Gasteiger charge is -2.17. The molecule has 0 spiro atoms. The molecule has 1 aromatic heterocycles. The number of halogens is 2. The second kappa shape index (κ2) is 5.27. The number of rotatable bonds is 4. The first-order valence-electron chi connectivity index (χ1n) is 5.72. The fraction of sp³-hybridized carbons (Fsp3) is 0.308. The van der Waals surface area contributed by atoms with Gasteiger partial charge in [0.05, 0.1) is 18.8 Å². The summed E-state index contributed by atoms with van der Waals surface area (Å²) in [6.07, 6.45) is 3.59. The Morgan fingerprint density at radius 2 is 2.17 bits per heavy atom. The third kappa shape index (κ3) is 2.56. The number of benzene rings is 1. The summed E-state index contributed by atoms with van der Waals surface area (Å²) < 4.78 is 28.6. The molecule has 1 unspecified atom stereocenters. The first-order chi connectivity index (χ1) is 8.61. The van der Waals surface area contributed by atoms with Crippen molar-refractivity contribution in [3.8, 4) is 0 Å². The van der Waals surface area contributed by atoms with Crippen LogP contribution in [0.1, 0.15) is 17.2 Å². The van der Waals surface area contributed by atoms with Crippen LogP contribution in [-0.2, 0) is 6.54 Å². The van der Waals surface area contributed by atoms with Crippen molar-refractivity contribution in [1.82, 2.24) is 15.1 Å². The molecule has 0 bridgehead atoms. The van der Waals surface area contributed by atoms with Crippen LogP contribution in [0, 0.1) is 18.6 Å². The summed E-state index contributed by atoms with van der Waals surface area (Å²) in [6.45, 7) is 2.38. The van der Waals surface area contributed by atoms with Gasteiger partial charge in [-0.15, -0.1) is 0 Å². The Balaban J connectivity index is 2.25. The van der Waals surface area contributed by atoms with Gasteiger partial charge in [-0.1, -0.05) is 12.1 Å². The Kier molecular flexibility index (Phi) is 3.72. The predicted molar refractivity (Wildman–Crippen MR) is 65.1 cm³/mol. The van der Waals surface area contributed by atoms with E-state index in [2.05, 4.69) is 10.4 Å². The number of hydrogen-bond acceptors (Lipinski definition) is 2. The molecule has 2 rings (SSSR count). The zero-order valence-corrected chi connectivity index (χ0v) is 10.3. The molecule has 0 radical (unpaired) electrons. The first-order valence-corrected chi connectivity index (χ1v) is 5.72. The van der Waals surface area contributed by atoms with Crippen molar-refractivity contribution in [2.75, 3.05) is 7.05 Å². The van der Waals surface area contributed by atoms with Crippen molar-refractivity contribution in [1.29, 1.82) is 0 Å². The van der Waals surface area contributed by atoms with Gasteiger partial charge in [-0.05, 0) is 25.6 Å². The summed E-state index contributed by atoms with van der Waals surface area (Å²) in [5.74, 6) is -1.63. The van der Waals surface area contributed by atoms with Crippen molar-refractivity contribution in [2.24, 2.45) is 0 Å². The van der Waals surface area contributed by atoms with Gasteiger partial charge in [0.1, 0.15) is 0 Å². The van der Waals surface area contributed by atoms with Crippen LogP contribution in [0.15, 0.2) is 30.6 Å². The Hall–Kier alpha value is -1.75. The molecule has 0 aliphatic carbocycles. The zero-order chi connectivity index (χ0) is 13.1. The van der Waals surface area contributed by atoms with Gasteiger partial charge in [0.2, 0.25) is 0 Å². The number of hydrogen-bond donors (Lipinski definition) is 1. The third-order valence-corrected chi connectivity index (χ3v) is 2.84. The minimum Gasteiger partial charge on any atom is -0.311 e. The van der Waals surface area contributed by atoms with E-state index < -0.39 is 11.6 Å². The minimum absolute atomic E-state index is 0.311. The van der Waals surface area contributed by atoms with Crippen molar-refractivity contribution >= 4 is 0 Å². The standard InChI is InChI=1S/C13H15F2N3/c1-9-6-17-18(7-9)8-12(16-2)10-4-3-5-11(14)13(10)15/h3-7,12,16H,8H2,1-2H3. The van der Waals surface area contributed by atoms with E-state index in [-0.39, 0.29) is 6.04 Å². The smallest absolute Gasteiger partial charge is 0.163 e. The molecule has 2 aromatic rings. The monoisotopic (exact) mass is 251 g/mol. The number of aryl methyl sites for hydroxylation is 1. The lowest BCUT2D eigenvalue weighted by atomic mass is 10.1. The SMILES string of the molecule is CNC(Cn1cc(C)cn1)c1cccc(F)c1F. The van der Waals surface area contributed by atoms with Crippen molar-refractivity contribution in [3.63, 3.8) is 0 Å². The van der Waals surface area contributed by atoms with E-state index in [4.69, 9.17) is 0 Å². The molecular formula is C13H15F2N3. The summed E-state index contributed by atoms with van der Waals surface area (Å²) in [7, 11) is 1.71. The molecule has 1 N–H and O–H groups in total. The largest absolute Gasteiger partial charge is 0.311 e. The molecule has 0 amide bonds. The average molecular weight is 251 g/mol. The topological polar surface area (TPSA) is 29.9 Å². The van der Waals surface area contributed by atoms with E-state index in [1.165, 1.54) is 6.07 Å². The maximum atomic E-state index is 13.7. The summed E-state index contributed by atoms with van der Waals surface area (Å²) in [4.78, 5) is 0. The highest BCUT2D eigenvalue weighted by atomic mass is 19.2. The number of nitrogens with one attached hydrogen (secondary N) is 1. The summed E-state index contributed by atoms with van der Waals surface area (Å²) in [5, 5.41) is 7.12. The Morgan fingerprint density at radius 1 is 1.39 bits per heavy atom.